The minimum absolute atomic E-state index is 0.241. The third kappa shape index (κ3) is 2.32. The molecule has 0 amide bonds. The highest BCUT2D eigenvalue weighted by Crippen LogP contribution is 2.31. The van der Waals surface area contributed by atoms with Crippen LogP contribution in [0.2, 0.25) is 0 Å². The van der Waals surface area contributed by atoms with E-state index in [1.54, 1.807) is 0 Å². The number of carbonyl (C=O) groups is 1. The molecule has 2 rings (SSSR count). The van der Waals surface area contributed by atoms with E-state index in [0.29, 0.717) is 5.41 Å². The lowest BCUT2D eigenvalue weighted by Crippen LogP contribution is -2.44. The molecule has 0 aromatic heterocycles. The normalized spacial score (nSPS) is 30.1. The highest BCUT2D eigenvalue weighted by Gasteiger charge is 2.36. The molecule has 0 aromatic carbocycles. The molecule has 4 nitrogen and oxygen atoms in total. The molecule has 86 valence electrons. The van der Waals surface area contributed by atoms with Crippen molar-refractivity contribution in [3.8, 4) is 0 Å². The Morgan fingerprint density at radius 1 is 1.60 bits per heavy atom. The number of rotatable bonds is 4. The summed E-state index contributed by atoms with van der Waals surface area (Å²) in [7, 11) is 0. The van der Waals surface area contributed by atoms with Crippen molar-refractivity contribution >= 4 is 5.97 Å². The molecule has 1 unspecified atom stereocenters. The van der Waals surface area contributed by atoms with Crippen molar-refractivity contribution in [2.45, 2.75) is 32.2 Å². The summed E-state index contributed by atoms with van der Waals surface area (Å²) in [5.74, 6) is -0.664. The van der Waals surface area contributed by atoms with Gasteiger partial charge in [-0.3, -0.25) is 9.69 Å². The first-order valence-electron chi connectivity index (χ1n) is 5.65. The van der Waals surface area contributed by atoms with Gasteiger partial charge in [-0.2, -0.15) is 0 Å². The molecule has 2 fully saturated rings. The molecule has 0 aromatic rings. The summed E-state index contributed by atoms with van der Waals surface area (Å²) < 4.78 is 5.19. The number of hydrogen-bond donors (Lipinski definition) is 1. The molecule has 4 heteroatoms. The smallest absolute Gasteiger partial charge is 0.320 e. The maximum atomic E-state index is 11.0. The SMILES string of the molecule is CC1(CCN2CCCC2C(=O)O)COC1. The van der Waals surface area contributed by atoms with E-state index in [-0.39, 0.29) is 6.04 Å². The Morgan fingerprint density at radius 2 is 2.33 bits per heavy atom. The van der Waals surface area contributed by atoms with Crippen LogP contribution in [-0.2, 0) is 9.53 Å². The van der Waals surface area contributed by atoms with Crippen LogP contribution in [0, 0.1) is 5.41 Å². The quantitative estimate of drug-likeness (QED) is 0.755. The first-order chi connectivity index (χ1) is 7.11. The second-order valence-electron chi connectivity index (χ2n) is 5.09. The van der Waals surface area contributed by atoms with E-state index in [1.165, 1.54) is 0 Å². The fourth-order valence-electron chi connectivity index (χ4n) is 2.38. The second-order valence-corrected chi connectivity index (χ2v) is 5.09. The van der Waals surface area contributed by atoms with Crippen LogP contribution >= 0.6 is 0 Å². The highest BCUT2D eigenvalue weighted by molar-refractivity contribution is 5.73. The van der Waals surface area contributed by atoms with Gasteiger partial charge in [0.1, 0.15) is 6.04 Å². The predicted molar refractivity (Wildman–Crippen MR) is 55.8 cm³/mol. The van der Waals surface area contributed by atoms with Crippen molar-refractivity contribution in [1.82, 2.24) is 4.90 Å². The van der Waals surface area contributed by atoms with Gasteiger partial charge in [0.05, 0.1) is 13.2 Å². The van der Waals surface area contributed by atoms with Gasteiger partial charge in [-0.15, -0.1) is 0 Å². The van der Waals surface area contributed by atoms with Crippen molar-refractivity contribution in [1.29, 1.82) is 0 Å². The summed E-state index contributed by atoms with van der Waals surface area (Å²) in [5, 5.41) is 9.02. The van der Waals surface area contributed by atoms with E-state index in [1.807, 2.05) is 0 Å². The van der Waals surface area contributed by atoms with E-state index in [2.05, 4.69) is 11.8 Å². The van der Waals surface area contributed by atoms with E-state index >= 15 is 0 Å². The standard InChI is InChI=1S/C11H19NO3/c1-11(7-15-8-11)4-6-12-5-2-3-9(12)10(13)14/h9H,2-8H2,1H3,(H,13,14). The Kier molecular flexibility index (Phi) is 2.98. The number of carboxylic acids is 1. The van der Waals surface area contributed by atoms with Gasteiger partial charge >= 0.3 is 5.97 Å². The van der Waals surface area contributed by atoms with Crippen LogP contribution in [0.4, 0.5) is 0 Å². The first-order valence-corrected chi connectivity index (χ1v) is 5.65. The van der Waals surface area contributed by atoms with Gasteiger partial charge in [-0.05, 0) is 32.4 Å². The van der Waals surface area contributed by atoms with Crippen molar-refractivity contribution in [3.05, 3.63) is 0 Å². The highest BCUT2D eigenvalue weighted by atomic mass is 16.5. The zero-order valence-corrected chi connectivity index (χ0v) is 9.24. The molecule has 2 aliphatic heterocycles. The summed E-state index contributed by atoms with van der Waals surface area (Å²) >= 11 is 0. The lowest BCUT2D eigenvalue weighted by Gasteiger charge is -2.39. The number of aliphatic carboxylic acids is 1. The topological polar surface area (TPSA) is 49.8 Å². The zero-order valence-electron chi connectivity index (χ0n) is 9.24. The van der Waals surface area contributed by atoms with Crippen LogP contribution < -0.4 is 0 Å². The van der Waals surface area contributed by atoms with Gasteiger partial charge in [0, 0.05) is 5.41 Å². The average molecular weight is 213 g/mol. The number of hydrogen-bond acceptors (Lipinski definition) is 3. The van der Waals surface area contributed by atoms with E-state index in [9.17, 15) is 4.79 Å². The minimum atomic E-state index is -0.664. The zero-order chi connectivity index (χ0) is 10.9. The van der Waals surface area contributed by atoms with Crippen LogP contribution in [0.1, 0.15) is 26.2 Å². The third-order valence-corrected chi connectivity index (χ3v) is 3.55. The second kappa shape index (κ2) is 4.10. The minimum Gasteiger partial charge on any atom is -0.480 e. The molecule has 2 heterocycles. The Bertz CT molecular complexity index is 250. The Hall–Kier alpha value is -0.610. The summed E-state index contributed by atoms with van der Waals surface area (Å²) in [6, 6.07) is -0.241. The summed E-state index contributed by atoms with van der Waals surface area (Å²) in [6.07, 6.45) is 2.88. The van der Waals surface area contributed by atoms with E-state index in [4.69, 9.17) is 9.84 Å². The van der Waals surface area contributed by atoms with Crippen molar-refractivity contribution < 1.29 is 14.6 Å². The van der Waals surface area contributed by atoms with Crippen LogP contribution in [0.5, 0.6) is 0 Å². The molecular weight excluding hydrogens is 194 g/mol. The van der Waals surface area contributed by atoms with Gasteiger partial charge in [-0.25, -0.2) is 0 Å². The molecule has 1 N–H and O–H groups in total. The maximum absolute atomic E-state index is 11.0. The van der Waals surface area contributed by atoms with Crippen molar-refractivity contribution in [2.75, 3.05) is 26.3 Å². The number of nitrogens with zero attached hydrogens (tertiary/aromatic N) is 1. The number of carboxylic acid groups (broad SMARTS) is 1. The lowest BCUT2D eigenvalue weighted by atomic mass is 9.85. The monoisotopic (exact) mass is 213 g/mol. The van der Waals surface area contributed by atoms with Gasteiger partial charge in [0.15, 0.2) is 0 Å². The van der Waals surface area contributed by atoms with Crippen LogP contribution in [0.15, 0.2) is 0 Å². The lowest BCUT2D eigenvalue weighted by molar-refractivity contribution is -0.143. The molecule has 15 heavy (non-hydrogen) atoms. The Labute approximate surface area is 90.2 Å². The van der Waals surface area contributed by atoms with Gasteiger partial charge in [0.25, 0.3) is 0 Å². The third-order valence-electron chi connectivity index (χ3n) is 3.55. The molecule has 2 saturated heterocycles. The molecule has 0 saturated carbocycles. The van der Waals surface area contributed by atoms with Crippen LogP contribution in [0.3, 0.4) is 0 Å². The Morgan fingerprint density at radius 3 is 2.87 bits per heavy atom. The maximum Gasteiger partial charge on any atom is 0.320 e. The number of ether oxygens (including phenoxy) is 1. The summed E-state index contributed by atoms with van der Waals surface area (Å²) in [6.45, 7) is 5.71. The molecule has 0 spiro atoms. The van der Waals surface area contributed by atoms with Crippen LogP contribution in [0.25, 0.3) is 0 Å². The average Bonchev–Trinajstić information content (AvgIpc) is 2.59. The van der Waals surface area contributed by atoms with Gasteiger partial charge < -0.3 is 9.84 Å². The molecule has 2 aliphatic rings. The Balaban J connectivity index is 1.80. The van der Waals surface area contributed by atoms with Crippen molar-refractivity contribution in [3.63, 3.8) is 0 Å². The predicted octanol–water partition coefficient (Wildman–Crippen LogP) is 0.962. The summed E-state index contributed by atoms with van der Waals surface area (Å²) in [4.78, 5) is 13.1. The van der Waals surface area contributed by atoms with E-state index in [0.717, 1.165) is 45.6 Å². The summed E-state index contributed by atoms with van der Waals surface area (Å²) in [5.41, 5.74) is 0.297. The first kappa shape index (κ1) is 10.9. The molecule has 0 aliphatic carbocycles. The molecule has 0 bridgehead atoms. The fraction of sp³-hybridized carbons (Fsp3) is 0.909. The fourth-order valence-corrected chi connectivity index (χ4v) is 2.38. The number of likely N-dealkylation sites (tertiary alicyclic amines) is 1. The largest absolute Gasteiger partial charge is 0.480 e. The molecule has 1 atom stereocenters. The van der Waals surface area contributed by atoms with Gasteiger partial charge in [-0.1, -0.05) is 6.92 Å². The molecule has 0 radical (unpaired) electrons. The van der Waals surface area contributed by atoms with Crippen molar-refractivity contribution in [2.24, 2.45) is 5.41 Å². The van der Waals surface area contributed by atoms with E-state index < -0.39 is 5.97 Å². The molecular formula is C11H19NO3. The van der Waals surface area contributed by atoms with Crippen LogP contribution in [-0.4, -0.2) is 48.3 Å². The van der Waals surface area contributed by atoms with Gasteiger partial charge in [0.2, 0.25) is 0 Å².